The fourth-order valence-corrected chi connectivity index (χ4v) is 2.87. The van der Waals surface area contributed by atoms with Crippen molar-refractivity contribution in [1.29, 1.82) is 0 Å². The van der Waals surface area contributed by atoms with Gasteiger partial charge in [0.25, 0.3) is 0 Å². The Morgan fingerprint density at radius 3 is 2.06 bits per heavy atom. The van der Waals surface area contributed by atoms with Gasteiger partial charge in [-0.15, -0.1) is 0 Å². The van der Waals surface area contributed by atoms with Gasteiger partial charge in [-0.2, -0.15) is 0 Å². The molecule has 2 aliphatic carbocycles. The molecule has 3 nitrogen and oxygen atoms in total. The summed E-state index contributed by atoms with van der Waals surface area (Å²) >= 11 is 0. The highest BCUT2D eigenvalue weighted by Gasteiger charge is 2.25. The van der Waals surface area contributed by atoms with Crippen LogP contribution in [0.15, 0.2) is 0 Å². The van der Waals surface area contributed by atoms with Crippen molar-refractivity contribution in [2.45, 2.75) is 63.9 Å². The monoisotopic (exact) mass is 242 g/mol. The number of aldehydes is 1. The molecule has 100 valence electrons. The second-order valence-corrected chi connectivity index (χ2v) is 5.33. The summed E-state index contributed by atoms with van der Waals surface area (Å²) in [6.07, 6.45) is 11.0. The SMILES string of the molecule is O=CC[C@H]1CCCC1CO.OC1CCCCC1. The Kier molecular flexibility index (Phi) is 7.45. The molecule has 2 saturated carbocycles. The lowest BCUT2D eigenvalue weighted by Gasteiger charge is -2.14. The van der Waals surface area contributed by atoms with E-state index in [1.165, 1.54) is 25.7 Å². The van der Waals surface area contributed by atoms with Crippen LogP contribution in [0.4, 0.5) is 0 Å². The van der Waals surface area contributed by atoms with Crippen molar-refractivity contribution < 1.29 is 15.0 Å². The Hall–Kier alpha value is -0.410. The Balaban J connectivity index is 0.000000181. The van der Waals surface area contributed by atoms with E-state index in [2.05, 4.69) is 0 Å². The van der Waals surface area contributed by atoms with Crippen LogP contribution in [0.3, 0.4) is 0 Å². The second-order valence-electron chi connectivity index (χ2n) is 5.33. The molecule has 17 heavy (non-hydrogen) atoms. The summed E-state index contributed by atoms with van der Waals surface area (Å²) in [5.41, 5.74) is 0. The van der Waals surface area contributed by atoms with Gasteiger partial charge >= 0.3 is 0 Å². The fraction of sp³-hybridized carbons (Fsp3) is 0.929. The van der Waals surface area contributed by atoms with E-state index < -0.39 is 0 Å². The molecule has 2 fully saturated rings. The van der Waals surface area contributed by atoms with Crippen LogP contribution in [0.1, 0.15) is 57.8 Å². The first-order valence-electron chi connectivity index (χ1n) is 7.00. The first-order chi connectivity index (χ1) is 8.27. The number of aliphatic hydroxyl groups excluding tert-OH is 2. The lowest BCUT2D eigenvalue weighted by atomic mass is 9.94. The number of carbonyl (C=O) groups is 1. The molecule has 0 aromatic rings. The summed E-state index contributed by atoms with van der Waals surface area (Å²) in [7, 11) is 0. The lowest BCUT2D eigenvalue weighted by Crippen LogP contribution is -2.12. The molecule has 2 rings (SSSR count). The Morgan fingerprint density at radius 1 is 0.941 bits per heavy atom. The van der Waals surface area contributed by atoms with Crippen molar-refractivity contribution in [3.63, 3.8) is 0 Å². The normalized spacial score (nSPS) is 29.5. The molecule has 2 atom stereocenters. The predicted molar refractivity (Wildman–Crippen MR) is 67.7 cm³/mol. The average Bonchev–Trinajstić information content (AvgIpc) is 2.79. The third-order valence-electron chi connectivity index (χ3n) is 4.02. The Bertz CT molecular complexity index is 200. The van der Waals surface area contributed by atoms with E-state index in [-0.39, 0.29) is 12.7 Å². The standard InChI is InChI=1S/C8H14O2.C6H12O/c9-5-4-7-2-1-3-8(7)6-10;7-6-4-2-1-3-5-6/h5,7-8,10H,1-4,6H2;6-7H,1-5H2/t7-,8?;/m1./s1. The van der Waals surface area contributed by atoms with E-state index >= 15 is 0 Å². The Labute approximate surface area is 104 Å². The minimum absolute atomic E-state index is 0.0359. The number of rotatable bonds is 3. The molecule has 1 unspecified atom stereocenters. The minimum Gasteiger partial charge on any atom is -0.396 e. The van der Waals surface area contributed by atoms with Gasteiger partial charge in [-0.3, -0.25) is 0 Å². The molecule has 2 aliphatic rings. The van der Waals surface area contributed by atoms with Crippen molar-refractivity contribution in [3.05, 3.63) is 0 Å². The molecule has 0 heterocycles. The zero-order chi connectivity index (χ0) is 12.5. The summed E-state index contributed by atoms with van der Waals surface area (Å²) in [6, 6.07) is 0. The lowest BCUT2D eigenvalue weighted by molar-refractivity contribution is -0.108. The van der Waals surface area contributed by atoms with E-state index in [0.29, 0.717) is 18.3 Å². The van der Waals surface area contributed by atoms with Crippen LogP contribution in [-0.2, 0) is 4.79 Å². The molecule has 0 radical (unpaired) electrons. The zero-order valence-electron chi connectivity index (χ0n) is 10.7. The van der Waals surface area contributed by atoms with Gasteiger partial charge in [-0.25, -0.2) is 0 Å². The second kappa shape index (κ2) is 8.65. The van der Waals surface area contributed by atoms with Gasteiger partial charge in [-0.05, 0) is 37.5 Å². The number of aliphatic hydroxyl groups is 2. The summed E-state index contributed by atoms with van der Waals surface area (Å²) in [4.78, 5) is 10.1. The van der Waals surface area contributed by atoms with Crippen LogP contribution in [0.2, 0.25) is 0 Å². The molecule has 2 N–H and O–H groups in total. The third kappa shape index (κ3) is 5.64. The molecule has 0 bridgehead atoms. The molecule has 0 amide bonds. The molecule has 0 aliphatic heterocycles. The smallest absolute Gasteiger partial charge is 0.120 e. The van der Waals surface area contributed by atoms with Crippen LogP contribution in [0.25, 0.3) is 0 Å². The number of carbonyl (C=O) groups excluding carboxylic acids is 1. The van der Waals surface area contributed by atoms with Crippen LogP contribution < -0.4 is 0 Å². The minimum atomic E-state index is 0.0359. The highest BCUT2D eigenvalue weighted by Crippen LogP contribution is 2.32. The average molecular weight is 242 g/mol. The van der Waals surface area contributed by atoms with Crippen molar-refractivity contribution in [2.24, 2.45) is 11.8 Å². The largest absolute Gasteiger partial charge is 0.396 e. The first kappa shape index (κ1) is 14.7. The van der Waals surface area contributed by atoms with Gasteiger partial charge in [-0.1, -0.05) is 25.7 Å². The predicted octanol–water partition coefficient (Wildman–Crippen LogP) is 2.30. The quantitative estimate of drug-likeness (QED) is 0.747. The van der Waals surface area contributed by atoms with Crippen LogP contribution in [-0.4, -0.2) is 29.2 Å². The van der Waals surface area contributed by atoms with Crippen molar-refractivity contribution in [2.75, 3.05) is 6.61 Å². The maximum Gasteiger partial charge on any atom is 0.120 e. The van der Waals surface area contributed by atoms with E-state index in [1.807, 2.05) is 0 Å². The van der Waals surface area contributed by atoms with Gasteiger partial charge in [0.2, 0.25) is 0 Å². The molecule has 0 aromatic heterocycles. The number of hydrogen-bond acceptors (Lipinski definition) is 3. The molecular formula is C14H26O3. The zero-order valence-corrected chi connectivity index (χ0v) is 10.7. The summed E-state index contributed by atoms with van der Waals surface area (Å²) in [5.74, 6) is 0.882. The molecule has 0 saturated heterocycles. The highest BCUT2D eigenvalue weighted by atomic mass is 16.3. The van der Waals surface area contributed by atoms with Crippen molar-refractivity contribution >= 4 is 6.29 Å². The van der Waals surface area contributed by atoms with Crippen LogP contribution >= 0.6 is 0 Å². The first-order valence-corrected chi connectivity index (χ1v) is 7.00. The van der Waals surface area contributed by atoms with Crippen LogP contribution in [0.5, 0.6) is 0 Å². The number of hydrogen-bond donors (Lipinski definition) is 2. The van der Waals surface area contributed by atoms with Gasteiger partial charge < -0.3 is 15.0 Å². The van der Waals surface area contributed by atoms with Gasteiger partial charge in [0, 0.05) is 13.0 Å². The molecular weight excluding hydrogens is 216 g/mol. The molecule has 0 spiro atoms. The maximum atomic E-state index is 10.1. The summed E-state index contributed by atoms with van der Waals surface area (Å²) < 4.78 is 0. The van der Waals surface area contributed by atoms with Gasteiger partial charge in [0.05, 0.1) is 6.10 Å². The van der Waals surface area contributed by atoms with Crippen LogP contribution in [0, 0.1) is 11.8 Å². The highest BCUT2D eigenvalue weighted by molar-refractivity contribution is 5.49. The maximum absolute atomic E-state index is 10.1. The summed E-state index contributed by atoms with van der Waals surface area (Å²) in [6.45, 7) is 0.262. The fourth-order valence-electron chi connectivity index (χ4n) is 2.87. The van der Waals surface area contributed by atoms with Gasteiger partial charge in [0.1, 0.15) is 6.29 Å². The van der Waals surface area contributed by atoms with E-state index in [1.54, 1.807) is 0 Å². The molecule has 3 heteroatoms. The third-order valence-corrected chi connectivity index (χ3v) is 4.02. The van der Waals surface area contributed by atoms with Crippen molar-refractivity contribution in [3.8, 4) is 0 Å². The van der Waals surface area contributed by atoms with E-state index in [0.717, 1.165) is 32.0 Å². The topological polar surface area (TPSA) is 57.5 Å². The van der Waals surface area contributed by atoms with E-state index in [4.69, 9.17) is 10.2 Å². The van der Waals surface area contributed by atoms with Gasteiger partial charge in [0.15, 0.2) is 0 Å². The van der Waals surface area contributed by atoms with Crippen molar-refractivity contribution in [1.82, 2.24) is 0 Å². The van der Waals surface area contributed by atoms with E-state index in [9.17, 15) is 4.79 Å². The Morgan fingerprint density at radius 2 is 1.59 bits per heavy atom. The summed E-state index contributed by atoms with van der Waals surface area (Å²) in [5, 5.41) is 17.8. The molecule has 0 aromatic carbocycles.